The first-order valence-electron chi connectivity index (χ1n) is 4.72. The molecule has 0 radical (unpaired) electrons. The van der Waals surface area contributed by atoms with Crippen molar-refractivity contribution in [3.05, 3.63) is 30.3 Å². The molecule has 2 N–H and O–H groups in total. The molecule has 0 aromatic heterocycles. The normalized spacial score (nSPS) is 15.7. The van der Waals surface area contributed by atoms with E-state index in [0.29, 0.717) is 0 Å². The summed E-state index contributed by atoms with van der Waals surface area (Å²) in [5, 5.41) is 4.64. The number of benzene rings is 1. The van der Waals surface area contributed by atoms with E-state index in [1.165, 1.54) is 0 Å². The number of hydrogen-bond acceptors (Lipinski definition) is 2. The fourth-order valence-corrected chi connectivity index (χ4v) is 1.25. The Labute approximate surface area is 82.9 Å². The lowest BCUT2D eigenvalue weighted by atomic mass is 10.3. The van der Waals surface area contributed by atoms with Crippen molar-refractivity contribution in [2.75, 3.05) is 18.4 Å². The molecule has 2 amide bonds. The zero-order valence-corrected chi connectivity index (χ0v) is 7.86. The molecule has 4 heteroatoms. The van der Waals surface area contributed by atoms with E-state index in [1.54, 1.807) is 0 Å². The van der Waals surface area contributed by atoms with Crippen LogP contribution in [0.15, 0.2) is 30.3 Å². The highest BCUT2D eigenvalue weighted by Crippen LogP contribution is 2.05. The van der Waals surface area contributed by atoms with Gasteiger partial charge in [0.05, 0.1) is 0 Å². The molecule has 1 aliphatic heterocycles. The summed E-state index contributed by atoms with van der Waals surface area (Å²) in [6.45, 7) is 1.89. The molecular weight excluding hydrogens is 178 g/mol. The van der Waals surface area contributed by atoms with Crippen LogP contribution in [-0.2, 0) is 0 Å². The number of hydrazine groups is 1. The van der Waals surface area contributed by atoms with Crippen molar-refractivity contribution in [3.8, 4) is 0 Å². The molecule has 14 heavy (non-hydrogen) atoms. The Bertz CT molecular complexity index is 308. The molecule has 1 saturated heterocycles. The summed E-state index contributed by atoms with van der Waals surface area (Å²) in [6, 6.07) is 9.23. The van der Waals surface area contributed by atoms with Crippen molar-refractivity contribution in [2.24, 2.45) is 0 Å². The maximum absolute atomic E-state index is 11.4. The second-order valence-corrected chi connectivity index (χ2v) is 3.27. The Kier molecular flexibility index (Phi) is 2.65. The minimum absolute atomic E-state index is 0.170. The summed E-state index contributed by atoms with van der Waals surface area (Å²) in [5.41, 5.74) is 3.56. The van der Waals surface area contributed by atoms with Crippen LogP contribution in [0.4, 0.5) is 10.5 Å². The maximum Gasteiger partial charge on any atom is 0.333 e. The Morgan fingerprint density at radius 1 is 1.21 bits per heavy atom. The number of nitrogens with one attached hydrogen (secondary N) is 2. The fraction of sp³-hybridized carbons (Fsp3) is 0.300. The molecular formula is C10H13N3O. The van der Waals surface area contributed by atoms with Gasteiger partial charge in [-0.25, -0.2) is 9.80 Å². The zero-order chi connectivity index (χ0) is 9.80. The third kappa shape index (κ3) is 2.23. The van der Waals surface area contributed by atoms with Crippen LogP contribution in [0.3, 0.4) is 0 Å². The molecule has 1 aromatic carbocycles. The molecule has 0 spiro atoms. The van der Waals surface area contributed by atoms with Crippen LogP contribution in [0.25, 0.3) is 0 Å². The van der Waals surface area contributed by atoms with Gasteiger partial charge in [0.2, 0.25) is 0 Å². The molecule has 0 saturated carbocycles. The second-order valence-electron chi connectivity index (χ2n) is 3.27. The van der Waals surface area contributed by atoms with Crippen LogP contribution in [0.2, 0.25) is 0 Å². The third-order valence-corrected chi connectivity index (χ3v) is 2.15. The molecule has 1 fully saturated rings. The average Bonchev–Trinajstić information content (AvgIpc) is 2.13. The molecule has 1 aliphatic rings. The van der Waals surface area contributed by atoms with Crippen LogP contribution in [-0.4, -0.2) is 24.1 Å². The number of urea groups is 1. The van der Waals surface area contributed by atoms with Gasteiger partial charge in [0, 0.05) is 18.8 Å². The lowest BCUT2D eigenvalue weighted by Crippen LogP contribution is -2.51. The van der Waals surface area contributed by atoms with Crippen molar-refractivity contribution in [1.29, 1.82) is 0 Å². The number of para-hydroxylation sites is 1. The molecule has 0 unspecified atom stereocenters. The van der Waals surface area contributed by atoms with Gasteiger partial charge in [0.15, 0.2) is 0 Å². The van der Waals surface area contributed by atoms with Crippen LogP contribution in [0.5, 0.6) is 0 Å². The maximum atomic E-state index is 11.4. The minimum atomic E-state index is -0.170. The first-order chi connectivity index (χ1) is 6.84. The molecule has 1 aromatic rings. The minimum Gasteiger partial charge on any atom is -0.307 e. The van der Waals surface area contributed by atoms with E-state index >= 15 is 0 Å². The van der Waals surface area contributed by atoms with E-state index in [9.17, 15) is 4.79 Å². The van der Waals surface area contributed by atoms with Gasteiger partial charge in [-0.15, -0.1) is 0 Å². The molecule has 0 atom stereocenters. The fourth-order valence-electron chi connectivity index (χ4n) is 1.25. The van der Waals surface area contributed by atoms with Crippen molar-refractivity contribution in [1.82, 2.24) is 10.4 Å². The molecule has 2 rings (SSSR count). The topological polar surface area (TPSA) is 44.4 Å². The first kappa shape index (κ1) is 9.02. The Morgan fingerprint density at radius 2 is 1.93 bits per heavy atom. The highest BCUT2D eigenvalue weighted by molar-refractivity contribution is 5.88. The van der Waals surface area contributed by atoms with Gasteiger partial charge in [-0.05, 0) is 18.6 Å². The Balaban J connectivity index is 1.82. The molecule has 0 aliphatic carbocycles. The van der Waals surface area contributed by atoms with Crippen molar-refractivity contribution in [3.63, 3.8) is 0 Å². The smallest absolute Gasteiger partial charge is 0.307 e. The SMILES string of the molecule is O=C(Nc1ccccc1)NN1CCC1. The van der Waals surface area contributed by atoms with Gasteiger partial charge >= 0.3 is 6.03 Å². The van der Waals surface area contributed by atoms with Crippen LogP contribution < -0.4 is 10.7 Å². The van der Waals surface area contributed by atoms with Gasteiger partial charge in [0.1, 0.15) is 0 Å². The van der Waals surface area contributed by atoms with Crippen molar-refractivity contribution >= 4 is 11.7 Å². The van der Waals surface area contributed by atoms with Crippen molar-refractivity contribution < 1.29 is 4.79 Å². The highest BCUT2D eigenvalue weighted by atomic mass is 16.2. The molecule has 4 nitrogen and oxygen atoms in total. The average molecular weight is 191 g/mol. The summed E-state index contributed by atoms with van der Waals surface area (Å²) < 4.78 is 0. The van der Waals surface area contributed by atoms with Gasteiger partial charge in [-0.2, -0.15) is 0 Å². The molecule has 1 heterocycles. The summed E-state index contributed by atoms with van der Waals surface area (Å²) in [5.74, 6) is 0. The van der Waals surface area contributed by atoms with Crippen LogP contribution in [0.1, 0.15) is 6.42 Å². The highest BCUT2D eigenvalue weighted by Gasteiger charge is 2.15. The second kappa shape index (κ2) is 4.11. The van der Waals surface area contributed by atoms with E-state index < -0.39 is 0 Å². The number of anilines is 1. The van der Waals surface area contributed by atoms with Gasteiger partial charge in [-0.1, -0.05) is 18.2 Å². The van der Waals surface area contributed by atoms with E-state index in [0.717, 1.165) is 25.2 Å². The zero-order valence-electron chi connectivity index (χ0n) is 7.86. The number of hydrogen-bond donors (Lipinski definition) is 2. The number of amides is 2. The summed E-state index contributed by atoms with van der Waals surface area (Å²) in [4.78, 5) is 11.4. The summed E-state index contributed by atoms with van der Waals surface area (Å²) in [7, 11) is 0. The number of carbonyl (C=O) groups is 1. The van der Waals surface area contributed by atoms with E-state index in [1.807, 2.05) is 35.3 Å². The Morgan fingerprint density at radius 3 is 2.50 bits per heavy atom. The number of nitrogens with zero attached hydrogens (tertiary/aromatic N) is 1. The van der Waals surface area contributed by atoms with Crippen LogP contribution >= 0.6 is 0 Å². The first-order valence-corrected chi connectivity index (χ1v) is 4.72. The molecule has 0 bridgehead atoms. The summed E-state index contributed by atoms with van der Waals surface area (Å²) >= 11 is 0. The van der Waals surface area contributed by atoms with E-state index in [-0.39, 0.29) is 6.03 Å². The van der Waals surface area contributed by atoms with Crippen molar-refractivity contribution in [2.45, 2.75) is 6.42 Å². The van der Waals surface area contributed by atoms with Gasteiger partial charge in [-0.3, -0.25) is 5.43 Å². The van der Waals surface area contributed by atoms with Gasteiger partial charge in [0.25, 0.3) is 0 Å². The quantitative estimate of drug-likeness (QED) is 0.742. The summed E-state index contributed by atoms with van der Waals surface area (Å²) in [6.07, 6.45) is 1.16. The monoisotopic (exact) mass is 191 g/mol. The predicted molar refractivity (Wildman–Crippen MR) is 54.8 cm³/mol. The lowest BCUT2D eigenvalue weighted by molar-refractivity contribution is 0.124. The standard InChI is InChI=1S/C10H13N3O/c14-10(12-13-7-4-8-13)11-9-5-2-1-3-6-9/h1-3,5-6H,4,7-8H2,(H2,11,12,14). The van der Waals surface area contributed by atoms with Crippen LogP contribution in [0, 0.1) is 0 Å². The number of carbonyl (C=O) groups excluding carboxylic acids is 1. The van der Waals surface area contributed by atoms with E-state index in [2.05, 4.69) is 10.7 Å². The molecule has 74 valence electrons. The van der Waals surface area contributed by atoms with E-state index in [4.69, 9.17) is 0 Å². The predicted octanol–water partition coefficient (Wildman–Crippen LogP) is 1.43. The Hall–Kier alpha value is -1.55. The largest absolute Gasteiger partial charge is 0.333 e. The lowest BCUT2D eigenvalue weighted by Gasteiger charge is -2.30. The number of rotatable bonds is 2. The third-order valence-electron chi connectivity index (χ3n) is 2.15. The van der Waals surface area contributed by atoms with Gasteiger partial charge < -0.3 is 5.32 Å².